The summed E-state index contributed by atoms with van der Waals surface area (Å²) in [5.74, 6) is -0.407. The molecular formula is C16H23O6P. The van der Waals surface area contributed by atoms with Gasteiger partial charge in [0.05, 0.1) is 12.2 Å². The number of rotatable bonds is 9. The minimum absolute atomic E-state index is 0.0384. The Morgan fingerprint density at radius 2 is 1.74 bits per heavy atom. The third kappa shape index (κ3) is 7.44. The van der Waals surface area contributed by atoms with E-state index >= 15 is 0 Å². The Kier molecular flexibility index (Phi) is 7.46. The molecule has 0 bridgehead atoms. The Morgan fingerprint density at radius 3 is 2.30 bits per heavy atom. The summed E-state index contributed by atoms with van der Waals surface area (Å²) in [6, 6.07) is 4.48. The van der Waals surface area contributed by atoms with E-state index in [2.05, 4.69) is 0 Å². The van der Waals surface area contributed by atoms with E-state index in [1.807, 2.05) is 0 Å². The fourth-order valence-corrected chi connectivity index (χ4v) is 2.14. The number of ketones is 1. The average Bonchev–Trinajstić information content (AvgIpc) is 2.48. The molecule has 7 heteroatoms. The molecule has 0 radical (unpaired) electrons. The zero-order valence-corrected chi connectivity index (χ0v) is 14.9. The fraction of sp³-hybridized carbons (Fsp3) is 0.500. The lowest BCUT2D eigenvalue weighted by molar-refractivity contribution is 0.0468. The van der Waals surface area contributed by atoms with Gasteiger partial charge in [0.2, 0.25) is 0 Å². The molecule has 0 saturated heterocycles. The highest BCUT2D eigenvalue weighted by Crippen LogP contribution is 2.36. The lowest BCUT2D eigenvalue weighted by Gasteiger charge is -2.12. The summed E-state index contributed by atoms with van der Waals surface area (Å²) in [4.78, 5) is 23.6. The number of esters is 1. The monoisotopic (exact) mass is 342 g/mol. The van der Waals surface area contributed by atoms with Crippen molar-refractivity contribution in [2.45, 2.75) is 13.3 Å². The van der Waals surface area contributed by atoms with Crippen LogP contribution in [-0.2, 0) is 14.0 Å². The first-order valence-corrected chi connectivity index (χ1v) is 10.0. The van der Waals surface area contributed by atoms with Gasteiger partial charge in [-0.2, -0.15) is 0 Å². The highest BCUT2D eigenvalue weighted by molar-refractivity contribution is 7.62. The molecule has 0 unspecified atom stereocenters. The van der Waals surface area contributed by atoms with E-state index in [0.29, 0.717) is 24.3 Å². The van der Waals surface area contributed by atoms with Crippen LogP contribution < -0.4 is 4.74 Å². The molecule has 128 valence electrons. The number of carbonyl (C=O) groups is 2. The van der Waals surface area contributed by atoms with E-state index in [-0.39, 0.29) is 24.3 Å². The SMILES string of the molecule is COCCCOC(=O)c1cc(OCP(C)(C)=O)cc(C(C)=O)c1. The molecule has 0 atom stereocenters. The predicted molar refractivity (Wildman–Crippen MR) is 88.2 cm³/mol. The van der Waals surface area contributed by atoms with Crippen molar-refractivity contribution in [1.29, 1.82) is 0 Å². The van der Waals surface area contributed by atoms with Crippen LogP contribution in [0.25, 0.3) is 0 Å². The number of carbonyl (C=O) groups excluding carboxylic acids is 2. The number of ether oxygens (including phenoxy) is 3. The van der Waals surface area contributed by atoms with Crippen molar-refractivity contribution in [2.24, 2.45) is 0 Å². The molecule has 0 saturated carbocycles. The van der Waals surface area contributed by atoms with Crippen LogP contribution in [0.15, 0.2) is 18.2 Å². The molecule has 0 N–H and O–H groups in total. The van der Waals surface area contributed by atoms with Gasteiger partial charge in [-0.3, -0.25) is 4.79 Å². The zero-order valence-electron chi connectivity index (χ0n) is 14.0. The van der Waals surface area contributed by atoms with E-state index < -0.39 is 13.1 Å². The molecule has 0 amide bonds. The smallest absolute Gasteiger partial charge is 0.338 e. The molecule has 0 spiro atoms. The van der Waals surface area contributed by atoms with Crippen LogP contribution in [0.3, 0.4) is 0 Å². The molecule has 0 aliphatic rings. The van der Waals surface area contributed by atoms with Gasteiger partial charge in [-0.15, -0.1) is 0 Å². The Hall–Kier alpha value is -1.65. The summed E-state index contributed by atoms with van der Waals surface area (Å²) < 4.78 is 27.2. The van der Waals surface area contributed by atoms with Crippen molar-refractivity contribution < 1.29 is 28.4 Å². The molecule has 0 aromatic heterocycles. The molecule has 1 rings (SSSR count). The van der Waals surface area contributed by atoms with Crippen molar-refractivity contribution in [2.75, 3.05) is 40.0 Å². The van der Waals surface area contributed by atoms with Gasteiger partial charge in [0.25, 0.3) is 0 Å². The number of methoxy groups -OCH3 is 1. The maximum absolute atomic E-state index is 12.1. The van der Waals surface area contributed by atoms with Crippen LogP contribution in [0.2, 0.25) is 0 Å². The summed E-state index contributed by atoms with van der Waals surface area (Å²) in [6.07, 6.45) is 0.629. The van der Waals surface area contributed by atoms with E-state index in [1.54, 1.807) is 20.4 Å². The zero-order chi connectivity index (χ0) is 17.5. The lowest BCUT2D eigenvalue weighted by atomic mass is 10.1. The Morgan fingerprint density at radius 1 is 1.09 bits per heavy atom. The number of Topliss-reactive ketones (excluding diaryl/α,β-unsaturated/α-hetero) is 1. The van der Waals surface area contributed by atoms with Gasteiger partial charge in [0, 0.05) is 25.7 Å². The van der Waals surface area contributed by atoms with E-state index in [0.717, 1.165) is 0 Å². The predicted octanol–water partition coefficient (Wildman–Crippen LogP) is 3.04. The van der Waals surface area contributed by atoms with Gasteiger partial charge >= 0.3 is 5.97 Å². The standard InChI is InChI=1S/C16H23O6P/c1-12(17)13-8-14(16(18)21-7-5-6-20-2)10-15(9-13)22-11-23(3,4)19/h8-10H,5-7,11H2,1-4H3. The van der Waals surface area contributed by atoms with E-state index in [1.165, 1.54) is 25.1 Å². The molecular weight excluding hydrogens is 319 g/mol. The van der Waals surface area contributed by atoms with Gasteiger partial charge in [0.1, 0.15) is 19.2 Å². The largest absolute Gasteiger partial charge is 0.486 e. The third-order valence-corrected chi connectivity index (χ3v) is 3.57. The number of benzene rings is 1. The van der Waals surface area contributed by atoms with Gasteiger partial charge in [0.15, 0.2) is 5.78 Å². The summed E-state index contributed by atoms with van der Waals surface area (Å²) in [6.45, 7) is 5.33. The van der Waals surface area contributed by atoms with Crippen molar-refractivity contribution in [3.8, 4) is 5.75 Å². The van der Waals surface area contributed by atoms with Gasteiger partial charge in [-0.05, 0) is 38.5 Å². The second-order valence-corrected chi connectivity index (χ2v) is 9.04. The quantitative estimate of drug-likeness (QED) is 0.297. The van der Waals surface area contributed by atoms with E-state index in [4.69, 9.17) is 14.2 Å². The molecule has 23 heavy (non-hydrogen) atoms. The average molecular weight is 342 g/mol. The third-order valence-electron chi connectivity index (χ3n) is 2.82. The molecule has 1 aromatic rings. The van der Waals surface area contributed by atoms with Gasteiger partial charge < -0.3 is 18.8 Å². The Bertz CT molecular complexity index is 605. The summed E-state index contributed by atoms with van der Waals surface area (Å²) in [5.41, 5.74) is 0.570. The summed E-state index contributed by atoms with van der Waals surface area (Å²) >= 11 is 0. The number of hydrogen-bond donors (Lipinski definition) is 0. The fourth-order valence-electron chi connectivity index (χ4n) is 1.68. The van der Waals surface area contributed by atoms with Crippen molar-refractivity contribution in [3.05, 3.63) is 29.3 Å². The summed E-state index contributed by atoms with van der Waals surface area (Å²) in [5, 5.41) is 0. The van der Waals surface area contributed by atoms with Gasteiger partial charge in [-0.1, -0.05) is 0 Å². The topological polar surface area (TPSA) is 78.9 Å². The molecule has 0 heterocycles. The number of hydrogen-bond acceptors (Lipinski definition) is 6. The highest BCUT2D eigenvalue weighted by Gasteiger charge is 2.14. The lowest BCUT2D eigenvalue weighted by Crippen LogP contribution is -2.10. The Balaban J connectivity index is 2.88. The van der Waals surface area contributed by atoms with Crippen LogP contribution >= 0.6 is 7.14 Å². The molecule has 6 nitrogen and oxygen atoms in total. The highest BCUT2D eigenvalue weighted by atomic mass is 31.2. The maximum atomic E-state index is 12.1. The van der Waals surface area contributed by atoms with Crippen LogP contribution in [0, 0.1) is 0 Å². The van der Waals surface area contributed by atoms with Crippen LogP contribution in [0.4, 0.5) is 0 Å². The van der Waals surface area contributed by atoms with Crippen LogP contribution in [0.1, 0.15) is 34.1 Å². The minimum Gasteiger partial charge on any atom is -0.486 e. The van der Waals surface area contributed by atoms with Crippen LogP contribution in [-0.4, -0.2) is 51.8 Å². The molecule has 0 fully saturated rings. The normalized spacial score (nSPS) is 11.1. The minimum atomic E-state index is -2.37. The maximum Gasteiger partial charge on any atom is 0.338 e. The van der Waals surface area contributed by atoms with E-state index in [9.17, 15) is 14.2 Å². The summed E-state index contributed by atoms with van der Waals surface area (Å²) in [7, 11) is -0.800. The molecule has 0 aliphatic carbocycles. The van der Waals surface area contributed by atoms with Crippen molar-refractivity contribution in [1.82, 2.24) is 0 Å². The van der Waals surface area contributed by atoms with Crippen molar-refractivity contribution in [3.63, 3.8) is 0 Å². The first-order chi connectivity index (χ1) is 10.7. The molecule has 1 aromatic carbocycles. The molecule has 0 aliphatic heterocycles. The second kappa shape index (κ2) is 8.85. The van der Waals surface area contributed by atoms with Crippen LogP contribution in [0.5, 0.6) is 5.75 Å². The first-order valence-electron chi connectivity index (χ1n) is 7.22. The van der Waals surface area contributed by atoms with Crippen molar-refractivity contribution >= 4 is 18.9 Å². The first kappa shape index (κ1) is 19.4. The second-order valence-electron chi connectivity index (χ2n) is 5.63. The Labute approximate surface area is 136 Å². The van der Waals surface area contributed by atoms with Gasteiger partial charge in [-0.25, -0.2) is 4.79 Å².